The summed E-state index contributed by atoms with van der Waals surface area (Å²) in [5.74, 6) is -1.22. The van der Waals surface area contributed by atoms with Gasteiger partial charge in [-0.3, -0.25) is 0 Å². The first-order valence-electron chi connectivity index (χ1n) is 19.1. The van der Waals surface area contributed by atoms with Crippen molar-refractivity contribution >= 4 is 56.0 Å². The molecule has 0 aromatic heterocycles. The summed E-state index contributed by atoms with van der Waals surface area (Å²) in [6, 6.07) is 0. The minimum atomic E-state index is -0.927. The van der Waals surface area contributed by atoms with Crippen molar-refractivity contribution in [2.75, 3.05) is 0 Å². The van der Waals surface area contributed by atoms with Gasteiger partial charge in [0.25, 0.3) is 0 Å². The quantitative estimate of drug-likeness (QED) is 0.0934. The Balaban J connectivity index is -0.0000000964. The smallest absolute Gasteiger partial charge is 0.550 e. The minimum Gasteiger partial charge on any atom is -0.550 e. The summed E-state index contributed by atoms with van der Waals surface area (Å²) < 4.78 is 0. The molecule has 0 bridgehead atoms. The second-order valence-corrected chi connectivity index (χ2v) is 15.1. The zero-order chi connectivity index (χ0) is 39.9. The Morgan fingerprint density at radius 2 is 0.423 bits per heavy atom. The first-order valence-corrected chi connectivity index (χ1v) is 19.1. The molecule has 0 aliphatic heterocycles. The van der Waals surface area contributed by atoms with E-state index >= 15 is 0 Å². The van der Waals surface area contributed by atoms with E-state index in [9.17, 15) is 49.5 Å². The number of carbonyl (C=O) groups is 5. The molecule has 0 fully saturated rings. The van der Waals surface area contributed by atoms with Gasteiger partial charge in [-0.15, -0.1) is 0 Å². The largest absolute Gasteiger partial charge is 3.00 e. The fourth-order valence-corrected chi connectivity index (χ4v) is 4.11. The molecule has 0 rings (SSSR count). The molecule has 12 heteroatoms. The number of hydrogen-bond donors (Lipinski definition) is 0. The van der Waals surface area contributed by atoms with Gasteiger partial charge in [0.1, 0.15) is 0 Å². The van der Waals surface area contributed by atoms with E-state index < -0.39 is 29.8 Å². The van der Waals surface area contributed by atoms with Crippen LogP contribution >= 0.6 is 0 Å². The van der Waals surface area contributed by atoms with Gasteiger partial charge in [-0.25, -0.2) is 0 Å². The van der Waals surface area contributed by atoms with E-state index in [1.54, 1.807) is 0 Å². The van der Waals surface area contributed by atoms with Crippen molar-refractivity contribution in [3.63, 3.8) is 0 Å². The third-order valence-corrected chi connectivity index (χ3v) is 7.06. The summed E-state index contributed by atoms with van der Waals surface area (Å²) in [5.41, 5.74) is 0. The number of carbonyl (C=O) groups excluding carboxylic acids is 5. The first kappa shape index (κ1) is 65.7. The Labute approximate surface area is 350 Å². The SMILES string of the molecule is CC(C)CCCCC(=O)[O-].CC(C)CCCCC(=O)[O-].CC(C)CCCCC(=O)[O-].CC(C)CCCCC(=O)[O-].CC(C)CCCCC(=O)[O-].[Bi+3].[Zn+2]. The van der Waals surface area contributed by atoms with Crippen molar-refractivity contribution < 1.29 is 69.0 Å². The molecule has 0 saturated carbocycles. The molecule has 0 heterocycles. The molecule has 0 atom stereocenters. The van der Waals surface area contributed by atoms with Crippen LogP contribution in [0.5, 0.6) is 0 Å². The second-order valence-electron chi connectivity index (χ2n) is 15.1. The van der Waals surface area contributed by atoms with Crippen LogP contribution in [0.3, 0.4) is 0 Å². The second kappa shape index (κ2) is 49.9. The van der Waals surface area contributed by atoms with Gasteiger partial charge in [0.05, 0.1) is 0 Å². The van der Waals surface area contributed by atoms with Crippen LogP contribution in [0.2, 0.25) is 0 Å². The molecule has 0 aromatic rings. The summed E-state index contributed by atoms with van der Waals surface area (Å²) >= 11 is 0. The van der Waals surface area contributed by atoms with Crippen LogP contribution in [-0.4, -0.2) is 56.0 Å². The van der Waals surface area contributed by atoms with Crippen molar-refractivity contribution in [2.45, 2.75) is 198 Å². The van der Waals surface area contributed by atoms with Crippen LogP contribution in [-0.2, 0) is 43.5 Å². The van der Waals surface area contributed by atoms with Gasteiger partial charge in [0.2, 0.25) is 0 Å². The Morgan fingerprint density at radius 3 is 0.500 bits per heavy atom. The van der Waals surface area contributed by atoms with Gasteiger partial charge >= 0.3 is 45.7 Å². The van der Waals surface area contributed by atoms with Gasteiger partial charge in [-0.2, -0.15) is 0 Å². The molecule has 52 heavy (non-hydrogen) atoms. The average molecular weight is 990 g/mol. The summed E-state index contributed by atoms with van der Waals surface area (Å²) in [4.78, 5) is 49.7. The average Bonchev–Trinajstić information content (AvgIpc) is 2.97. The van der Waals surface area contributed by atoms with Crippen molar-refractivity contribution in [3.8, 4) is 0 Å². The predicted octanol–water partition coefficient (Wildman–Crippen LogP) is 4.38. The fraction of sp³-hybridized carbons (Fsp3) is 0.875. The van der Waals surface area contributed by atoms with Crippen LogP contribution in [0.1, 0.15) is 198 Å². The molecule has 0 N–H and O–H groups in total. The summed E-state index contributed by atoms with van der Waals surface area (Å²) in [5, 5.41) is 49.7. The van der Waals surface area contributed by atoms with Crippen LogP contribution in [0.15, 0.2) is 0 Å². The number of hydrogen-bond acceptors (Lipinski definition) is 10. The Morgan fingerprint density at radius 1 is 0.308 bits per heavy atom. The van der Waals surface area contributed by atoms with E-state index in [4.69, 9.17) is 0 Å². The van der Waals surface area contributed by atoms with E-state index in [0.29, 0.717) is 29.6 Å². The number of aliphatic carboxylic acids is 5. The maximum atomic E-state index is 9.93. The van der Waals surface area contributed by atoms with Crippen LogP contribution in [0.25, 0.3) is 0 Å². The fourth-order valence-electron chi connectivity index (χ4n) is 4.11. The molecule has 0 unspecified atom stereocenters. The number of carboxylic acid groups (broad SMARTS) is 5. The molecule has 0 amide bonds. The molecule has 0 aliphatic carbocycles. The maximum absolute atomic E-state index is 9.93. The normalized spacial score (nSPS) is 9.90. The predicted molar refractivity (Wildman–Crippen MR) is 197 cm³/mol. The Kier molecular flexibility index (Phi) is 63.0. The Bertz CT molecular complexity index is 652. The monoisotopic (exact) mass is 988 g/mol. The minimum absolute atomic E-state index is 0. The van der Waals surface area contributed by atoms with E-state index in [2.05, 4.69) is 69.2 Å². The van der Waals surface area contributed by atoms with Gasteiger partial charge in [-0.05, 0) is 93.8 Å². The van der Waals surface area contributed by atoms with Crippen LogP contribution in [0, 0.1) is 29.6 Å². The van der Waals surface area contributed by atoms with Crippen molar-refractivity contribution in [2.24, 2.45) is 29.6 Å². The molecule has 0 spiro atoms. The third-order valence-electron chi connectivity index (χ3n) is 7.06. The molecule has 0 saturated heterocycles. The molecule has 2 radical (unpaired) electrons. The molecular weight excluding hydrogens is 915 g/mol. The molecule has 302 valence electrons. The van der Waals surface area contributed by atoms with Gasteiger partial charge in [-0.1, -0.05) is 133 Å². The molecule has 10 nitrogen and oxygen atoms in total. The molecular formula is C40H75BiO10Zn. The standard InChI is InChI=1S/5C8H16O2.Bi.Zn/c5*1-7(2)5-3-4-6-8(9)10;;/h5*7H,3-6H2,1-2H3,(H,9,10);;/q;;;;;+3;+2/p-5. The molecule has 0 aliphatic rings. The third kappa shape index (κ3) is 97.6. The zero-order valence-electron chi connectivity index (χ0n) is 34.8. The van der Waals surface area contributed by atoms with Gasteiger partial charge < -0.3 is 49.5 Å². The first-order chi connectivity index (χ1) is 23.1. The zero-order valence-corrected chi connectivity index (χ0v) is 41.2. The van der Waals surface area contributed by atoms with Crippen LogP contribution < -0.4 is 25.5 Å². The number of rotatable bonds is 25. The summed E-state index contributed by atoms with van der Waals surface area (Å²) in [6.07, 6.45) is 15.5. The maximum Gasteiger partial charge on any atom is 3.00 e. The van der Waals surface area contributed by atoms with Crippen LogP contribution in [0.4, 0.5) is 0 Å². The Hall–Kier alpha value is -1.14. The van der Waals surface area contributed by atoms with E-state index in [0.717, 1.165) is 96.3 Å². The molecule has 0 aromatic carbocycles. The van der Waals surface area contributed by atoms with Gasteiger partial charge in [0.15, 0.2) is 0 Å². The summed E-state index contributed by atoms with van der Waals surface area (Å²) in [7, 11) is 0. The topological polar surface area (TPSA) is 201 Å². The van der Waals surface area contributed by atoms with E-state index in [1.807, 2.05) is 0 Å². The summed E-state index contributed by atoms with van der Waals surface area (Å²) in [6.45, 7) is 21.4. The number of unbranched alkanes of at least 4 members (excludes halogenated alkanes) is 5. The van der Waals surface area contributed by atoms with Crippen molar-refractivity contribution in [1.29, 1.82) is 0 Å². The van der Waals surface area contributed by atoms with Gasteiger partial charge in [0, 0.05) is 29.8 Å². The van der Waals surface area contributed by atoms with E-state index in [1.165, 1.54) is 0 Å². The van der Waals surface area contributed by atoms with Crippen molar-refractivity contribution in [3.05, 3.63) is 0 Å². The number of carboxylic acids is 5. The van der Waals surface area contributed by atoms with Crippen molar-refractivity contribution in [1.82, 2.24) is 0 Å². The van der Waals surface area contributed by atoms with E-state index in [-0.39, 0.29) is 77.8 Å².